The van der Waals surface area contributed by atoms with E-state index in [1.165, 1.54) is 24.0 Å². The Kier molecular flexibility index (Phi) is 4.00. The van der Waals surface area contributed by atoms with E-state index in [9.17, 15) is 5.26 Å². The zero-order valence-corrected chi connectivity index (χ0v) is 13.9. The van der Waals surface area contributed by atoms with Gasteiger partial charge < -0.3 is 5.32 Å². The molecule has 1 heterocycles. The lowest BCUT2D eigenvalue weighted by molar-refractivity contribution is 0.141. The summed E-state index contributed by atoms with van der Waals surface area (Å²) in [4.78, 5) is 2.58. The maximum atomic E-state index is 9.78. The number of hydrogen-bond acceptors (Lipinski definition) is 3. The van der Waals surface area contributed by atoms with Gasteiger partial charge in [0.2, 0.25) is 0 Å². The number of piperidine rings is 1. The first-order chi connectivity index (χ1) is 11.8. The molecular weight excluding hydrogens is 294 g/mol. The third kappa shape index (κ3) is 2.79. The van der Waals surface area contributed by atoms with Gasteiger partial charge in [-0.25, -0.2) is 0 Å². The molecule has 1 atom stereocenters. The molecule has 4 rings (SSSR count). The summed E-state index contributed by atoms with van der Waals surface area (Å²) in [5.41, 5.74) is 3.61. The van der Waals surface area contributed by atoms with Crippen LogP contribution in [0, 0.1) is 11.3 Å². The molecule has 0 aromatic heterocycles. The number of rotatable bonds is 3. The molecule has 0 unspecified atom stereocenters. The van der Waals surface area contributed by atoms with Crippen LogP contribution in [0.15, 0.2) is 54.6 Å². The van der Waals surface area contributed by atoms with Gasteiger partial charge >= 0.3 is 0 Å². The lowest BCUT2D eigenvalue weighted by Gasteiger charge is -2.41. The van der Waals surface area contributed by atoms with Crippen LogP contribution in [0.5, 0.6) is 0 Å². The van der Waals surface area contributed by atoms with Crippen molar-refractivity contribution in [2.45, 2.75) is 37.3 Å². The standard InChI is InChI=1S/C21H23N3/c22-16-21(23-18-7-2-1-3-8-18)12-14-24(15-13-21)20-11-10-17-6-4-5-9-19(17)20/h1-9,20,23H,10-15H2/t20-/m0/s1. The molecule has 3 heteroatoms. The molecule has 1 N–H and O–H groups in total. The molecule has 0 spiro atoms. The average molecular weight is 317 g/mol. The Morgan fingerprint density at radius 1 is 1.00 bits per heavy atom. The summed E-state index contributed by atoms with van der Waals surface area (Å²) in [6.07, 6.45) is 4.14. The molecule has 3 nitrogen and oxygen atoms in total. The Bertz CT molecular complexity index is 739. The topological polar surface area (TPSA) is 39.1 Å². The van der Waals surface area contributed by atoms with Crippen LogP contribution in [0.4, 0.5) is 5.69 Å². The monoisotopic (exact) mass is 317 g/mol. The summed E-state index contributed by atoms with van der Waals surface area (Å²) >= 11 is 0. The summed E-state index contributed by atoms with van der Waals surface area (Å²) in [5.74, 6) is 0. The largest absolute Gasteiger partial charge is 0.367 e. The molecule has 2 aromatic rings. The lowest BCUT2D eigenvalue weighted by atomic mass is 9.87. The van der Waals surface area contributed by atoms with Crippen molar-refractivity contribution >= 4 is 5.69 Å². The van der Waals surface area contributed by atoms with Crippen LogP contribution in [-0.2, 0) is 6.42 Å². The number of anilines is 1. The maximum Gasteiger partial charge on any atom is 0.127 e. The molecule has 1 aliphatic carbocycles. The highest BCUT2D eigenvalue weighted by atomic mass is 15.2. The first-order valence-electron chi connectivity index (χ1n) is 8.86. The Labute approximate surface area is 143 Å². The highest BCUT2D eigenvalue weighted by Gasteiger charge is 2.38. The van der Waals surface area contributed by atoms with Crippen LogP contribution in [0.25, 0.3) is 0 Å². The number of hydrogen-bond donors (Lipinski definition) is 1. The predicted octanol–water partition coefficient (Wildman–Crippen LogP) is 4.14. The summed E-state index contributed by atoms with van der Waals surface area (Å²) in [6.45, 7) is 1.96. The maximum absolute atomic E-state index is 9.78. The number of benzene rings is 2. The van der Waals surface area contributed by atoms with E-state index in [-0.39, 0.29) is 0 Å². The zero-order chi connectivity index (χ0) is 16.4. The Hall–Kier alpha value is -2.31. The summed E-state index contributed by atoms with van der Waals surface area (Å²) in [5, 5.41) is 13.3. The average Bonchev–Trinajstić information content (AvgIpc) is 3.07. The van der Waals surface area contributed by atoms with E-state index in [0.29, 0.717) is 6.04 Å². The number of para-hydroxylation sites is 1. The second-order valence-electron chi connectivity index (χ2n) is 6.97. The van der Waals surface area contributed by atoms with Crippen LogP contribution in [0.3, 0.4) is 0 Å². The van der Waals surface area contributed by atoms with Crippen molar-refractivity contribution in [3.8, 4) is 6.07 Å². The molecule has 1 fully saturated rings. The summed E-state index contributed by atoms with van der Waals surface area (Å²) in [7, 11) is 0. The lowest BCUT2D eigenvalue weighted by Crippen LogP contribution is -2.49. The van der Waals surface area contributed by atoms with Crippen LogP contribution in [0.2, 0.25) is 0 Å². The van der Waals surface area contributed by atoms with Crippen LogP contribution >= 0.6 is 0 Å². The van der Waals surface area contributed by atoms with Gasteiger partial charge in [-0.2, -0.15) is 5.26 Å². The third-order valence-electron chi connectivity index (χ3n) is 5.56. The number of likely N-dealkylation sites (tertiary alicyclic amines) is 1. The molecule has 0 bridgehead atoms. The summed E-state index contributed by atoms with van der Waals surface area (Å²) in [6, 6.07) is 22.0. The van der Waals surface area contributed by atoms with E-state index >= 15 is 0 Å². The van der Waals surface area contributed by atoms with E-state index in [2.05, 4.69) is 40.6 Å². The van der Waals surface area contributed by atoms with Gasteiger partial charge in [0.1, 0.15) is 5.54 Å². The molecule has 2 aromatic carbocycles. The smallest absolute Gasteiger partial charge is 0.127 e. The van der Waals surface area contributed by atoms with Crippen molar-refractivity contribution in [3.63, 3.8) is 0 Å². The number of nitrogens with one attached hydrogen (secondary N) is 1. The van der Waals surface area contributed by atoms with Crippen molar-refractivity contribution < 1.29 is 0 Å². The Morgan fingerprint density at radius 3 is 2.46 bits per heavy atom. The van der Waals surface area contributed by atoms with E-state index < -0.39 is 5.54 Å². The molecule has 122 valence electrons. The minimum absolute atomic E-state index is 0.435. The van der Waals surface area contributed by atoms with Crippen molar-refractivity contribution in [1.29, 1.82) is 5.26 Å². The molecule has 24 heavy (non-hydrogen) atoms. The molecule has 2 aliphatic rings. The quantitative estimate of drug-likeness (QED) is 0.924. The van der Waals surface area contributed by atoms with Crippen molar-refractivity contribution in [1.82, 2.24) is 4.90 Å². The van der Waals surface area contributed by atoms with Crippen LogP contribution in [-0.4, -0.2) is 23.5 Å². The van der Waals surface area contributed by atoms with Crippen molar-refractivity contribution in [2.75, 3.05) is 18.4 Å². The highest BCUT2D eigenvalue weighted by molar-refractivity contribution is 5.47. The summed E-state index contributed by atoms with van der Waals surface area (Å²) < 4.78 is 0. The minimum atomic E-state index is -0.435. The van der Waals surface area contributed by atoms with Gasteiger partial charge in [0.15, 0.2) is 0 Å². The number of nitrogens with zero attached hydrogens (tertiary/aromatic N) is 2. The fourth-order valence-corrected chi connectivity index (χ4v) is 4.19. The SMILES string of the molecule is N#CC1(Nc2ccccc2)CCN([C@H]2CCc3ccccc32)CC1. The van der Waals surface area contributed by atoms with Crippen molar-refractivity contribution in [3.05, 3.63) is 65.7 Å². The Balaban J connectivity index is 1.46. The second-order valence-corrected chi connectivity index (χ2v) is 6.97. The van der Waals surface area contributed by atoms with Gasteiger partial charge in [0, 0.05) is 24.8 Å². The van der Waals surface area contributed by atoms with Gasteiger partial charge in [-0.05, 0) is 48.9 Å². The first kappa shape index (κ1) is 15.2. The van der Waals surface area contributed by atoms with E-state index in [0.717, 1.165) is 31.6 Å². The molecule has 1 saturated heterocycles. The molecule has 0 amide bonds. The highest BCUT2D eigenvalue weighted by Crippen LogP contribution is 2.38. The second kappa shape index (κ2) is 6.30. The van der Waals surface area contributed by atoms with Crippen LogP contribution < -0.4 is 5.32 Å². The fraction of sp³-hybridized carbons (Fsp3) is 0.381. The molecule has 1 aliphatic heterocycles. The van der Waals surface area contributed by atoms with E-state index in [1.807, 2.05) is 30.3 Å². The fourth-order valence-electron chi connectivity index (χ4n) is 4.19. The Morgan fingerprint density at radius 2 is 1.71 bits per heavy atom. The van der Waals surface area contributed by atoms with Gasteiger partial charge in [-0.15, -0.1) is 0 Å². The van der Waals surface area contributed by atoms with E-state index in [4.69, 9.17) is 0 Å². The molecule has 0 radical (unpaired) electrons. The number of nitriles is 1. The number of fused-ring (bicyclic) bond motifs is 1. The van der Waals surface area contributed by atoms with Gasteiger partial charge in [0.05, 0.1) is 6.07 Å². The third-order valence-corrected chi connectivity index (χ3v) is 5.56. The van der Waals surface area contributed by atoms with E-state index in [1.54, 1.807) is 0 Å². The normalized spacial score (nSPS) is 22.5. The van der Waals surface area contributed by atoms with Gasteiger partial charge in [-0.1, -0.05) is 42.5 Å². The van der Waals surface area contributed by atoms with Gasteiger partial charge in [-0.3, -0.25) is 4.90 Å². The molecular formula is C21H23N3. The predicted molar refractivity (Wildman–Crippen MR) is 96.7 cm³/mol. The number of aryl methyl sites for hydroxylation is 1. The zero-order valence-electron chi connectivity index (χ0n) is 13.9. The first-order valence-corrected chi connectivity index (χ1v) is 8.86. The molecule has 0 saturated carbocycles. The minimum Gasteiger partial charge on any atom is -0.367 e. The van der Waals surface area contributed by atoms with Gasteiger partial charge in [0.25, 0.3) is 0 Å². The van der Waals surface area contributed by atoms with Crippen LogP contribution in [0.1, 0.15) is 36.4 Å². The van der Waals surface area contributed by atoms with Crippen molar-refractivity contribution in [2.24, 2.45) is 0 Å².